The van der Waals surface area contributed by atoms with E-state index in [0.29, 0.717) is 12.3 Å². The summed E-state index contributed by atoms with van der Waals surface area (Å²) in [6.45, 7) is 9.87. The number of rotatable bonds is 2. The Balaban J connectivity index is 2.30. The van der Waals surface area contributed by atoms with Gasteiger partial charge in [-0.15, -0.1) is 0 Å². The van der Waals surface area contributed by atoms with Crippen molar-refractivity contribution in [2.24, 2.45) is 5.92 Å². The molecule has 0 radical (unpaired) electrons. The summed E-state index contributed by atoms with van der Waals surface area (Å²) in [5.74, 6) is 0.505. The van der Waals surface area contributed by atoms with Gasteiger partial charge >= 0.3 is 0 Å². The maximum Gasteiger partial charge on any atom is 0.0625 e. The third kappa shape index (κ3) is 2.36. The second kappa shape index (κ2) is 4.65. The molecular weight excluding hydrogens is 220 g/mol. The summed E-state index contributed by atoms with van der Waals surface area (Å²) in [5.41, 5.74) is 4.12. The minimum atomic E-state index is 0.154. The third-order valence-corrected chi connectivity index (χ3v) is 3.98. The third-order valence-electron chi connectivity index (χ3n) is 3.98. The SMILES string of the molecule is Cc1ccc(N2CC(CC#N)CC2(C)C)c(C)c1. The molecule has 1 aromatic rings. The van der Waals surface area contributed by atoms with Crippen LogP contribution in [0.5, 0.6) is 0 Å². The number of hydrogen-bond acceptors (Lipinski definition) is 2. The van der Waals surface area contributed by atoms with Gasteiger partial charge in [0.1, 0.15) is 0 Å². The van der Waals surface area contributed by atoms with Crippen LogP contribution in [0.4, 0.5) is 5.69 Å². The van der Waals surface area contributed by atoms with Gasteiger partial charge in [-0.25, -0.2) is 0 Å². The van der Waals surface area contributed by atoms with Crippen molar-refractivity contribution in [2.45, 2.75) is 46.1 Å². The van der Waals surface area contributed by atoms with Crippen molar-refractivity contribution >= 4 is 5.69 Å². The number of anilines is 1. The molecule has 1 aliphatic heterocycles. The molecule has 0 bridgehead atoms. The van der Waals surface area contributed by atoms with Crippen molar-refractivity contribution in [1.82, 2.24) is 0 Å². The van der Waals surface area contributed by atoms with Gasteiger partial charge in [0.25, 0.3) is 0 Å². The fourth-order valence-corrected chi connectivity index (χ4v) is 3.18. The largest absolute Gasteiger partial charge is 0.366 e. The molecule has 2 heteroatoms. The highest BCUT2D eigenvalue weighted by molar-refractivity contribution is 5.57. The van der Waals surface area contributed by atoms with Crippen molar-refractivity contribution in [1.29, 1.82) is 5.26 Å². The first kappa shape index (κ1) is 13.0. The van der Waals surface area contributed by atoms with E-state index in [0.717, 1.165) is 13.0 Å². The van der Waals surface area contributed by atoms with Gasteiger partial charge in [-0.3, -0.25) is 0 Å². The Morgan fingerprint density at radius 1 is 1.39 bits per heavy atom. The molecule has 1 atom stereocenters. The Kier molecular flexibility index (Phi) is 3.34. The summed E-state index contributed by atoms with van der Waals surface area (Å²) in [4.78, 5) is 2.48. The number of nitrogens with zero attached hydrogens (tertiary/aromatic N) is 2. The molecule has 0 saturated carbocycles. The first-order valence-electron chi connectivity index (χ1n) is 6.66. The zero-order valence-electron chi connectivity index (χ0n) is 11.8. The van der Waals surface area contributed by atoms with Crippen LogP contribution in [0.1, 0.15) is 37.8 Å². The van der Waals surface area contributed by atoms with E-state index >= 15 is 0 Å². The van der Waals surface area contributed by atoms with Crippen LogP contribution in [0.25, 0.3) is 0 Å². The molecule has 0 N–H and O–H groups in total. The van der Waals surface area contributed by atoms with Crippen LogP contribution in [0.2, 0.25) is 0 Å². The van der Waals surface area contributed by atoms with Crippen molar-refractivity contribution in [2.75, 3.05) is 11.4 Å². The molecule has 0 spiro atoms. The molecule has 1 unspecified atom stereocenters. The van der Waals surface area contributed by atoms with Crippen LogP contribution in [-0.2, 0) is 0 Å². The van der Waals surface area contributed by atoms with Gasteiger partial charge in [0, 0.05) is 24.2 Å². The first-order valence-corrected chi connectivity index (χ1v) is 6.66. The Labute approximate surface area is 110 Å². The molecule has 96 valence electrons. The average Bonchev–Trinajstić information content (AvgIpc) is 2.54. The highest BCUT2D eigenvalue weighted by atomic mass is 15.2. The molecule has 1 fully saturated rings. The molecule has 2 rings (SSSR count). The minimum absolute atomic E-state index is 0.154. The predicted octanol–water partition coefficient (Wildman–Crippen LogP) is 3.82. The van der Waals surface area contributed by atoms with E-state index in [4.69, 9.17) is 5.26 Å². The quantitative estimate of drug-likeness (QED) is 0.788. The lowest BCUT2D eigenvalue weighted by Crippen LogP contribution is -2.38. The number of benzene rings is 1. The van der Waals surface area contributed by atoms with E-state index in [1.165, 1.54) is 16.8 Å². The Hall–Kier alpha value is -1.49. The van der Waals surface area contributed by atoms with Crippen LogP contribution < -0.4 is 4.90 Å². The smallest absolute Gasteiger partial charge is 0.0625 e. The van der Waals surface area contributed by atoms with Gasteiger partial charge in [-0.05, 0) is 51.7 Å². The lowest BCUT2D eigenvalue weighted by Gasteiger charge is -2.34. The fraction of sp³-hybridized carbons (Fsp3) is 0.562. The normalized spacial score (nSPS) is 21.9. The standard InChI is InChI=1S/C16H22N2/c1-12-5-6-15(13(2)9-12)18-11-14(7-8-17)10-16(18,3)4/h5-6,9,14H,7,10-11H2,1-4H3. The van der Waals surface area contributed by atoms with Crippen LogP contribution in [0, 0.1) is 31.1 Å². The molecule has 0 aromatic heterocycles. The monoisotopic (exact) mass is 242 g/mol. The summed E-state index contributed by atoms with van der Waals surface area (Å²) < 4.78 is 0. The topological polar surface area (TPSA) is 27.0 Å². The average molecular weight is 242 g/mol. The lowest BCUT2D eigenvalue weighted by atomic mass is 9.94. The van der Waals surface area contributed by atoms with Crippen LogP contribution in [0.15, 0.2) is 18.2 Å². The van der Waals surface area contributed by atoms with E-state index in [1.807, 2.05) is 0 Å². The molecule has 1 aromatic carbocycles. The zero-order valence-corrected chi connectivity index (χ0v) is 11.8. The van der Waals surface area contributed by atoms with Gasteiger partial charge < -0.3 is 4.90 Å². The molecule has 2 nitrogen and oxygen atoms in total. The summed E-state index contributed by atoms with van der Waals surface area (Å²) in [5, 5.41) is 8.88. The van der Waals surface area contributed by atoms with Gasteiger partial charge in [-0.1, -0.05) is 17.7 Å². The number of aryl methyl sites for hydroxylation is 2. The van der Waals surface area contributed by atoms with Crippen molar-refractivity contribution in [3.05, 3.63) is 29.3 Å². The molecule has 1 saturated heterocycles. The summed E-state index contributed by atoms with van der Waals surface area (Å²) >= 11 is 0. The summed E-state index contributed by atoms with van der Waals surface area (Å²) in [6, 6.07) is 8.96. The highest BCUT2D eigenvalue weighted by Crippen LogP contribution is 2.39. The highest BCUT2D eigenvalue weighted by Gasteiger charge is 2.38. The van der Waals surface area contributed by atoms with Gasteiger partial charge in [-0.2, -0.15) is 5.26 Å². The zero-order chi connectivity index (χ0) is 13.3. The van der Waals surface area contributed by atoms with E-state index in [-0.39, 0.29) is 5.54 Å². The maximum absolute atomic E-state index is 8.88. The number of nitriles is 1. The molecule has 18 heavy (non-hydrogen) atoms. The maximum atomic E-state index is 8.88. The van der Waals surface area contributed by atoms with E-state index in [1.54, 1.807) is 0 Å². The Morgan fingerprint density at radius 3 is 2.72 bits per heavy atom. The minimum Gasteiger partial charge on any atom is -0.366 e. The molecule has 1 heterocycles. The van der Waals surface area contributed by atoms with E-state index in [2.05, 4.69) is 56.9 Å². The van der Waals surface area contributed by atoms with Crippen molar-refractivity contribution in [3.8, 4) is 6.07 Å². The second-order valence-corrected chi connectivity index (χ2v) is 6.15. The Morgan fingerprint density at radius 2 is 2.11 bits per heavy atom. The van der Waals surface area contributed by atoms with Crippen LogP contribution >= 0.6 is 0 Å². The van der Waals surface area contributed by atoms with Crippen LogP contribution in [-0.4, -0.2) is 12.1 Å². The van der Waals surface area contributed by atoms with Gasteiger partial charge in [0.15, 0.2) is 0 Å². The number of hydrogen-bond donors (Lipinski definition) is 0. The molecule has 0 aliphatic carbocycles. The second-order valence-electron chi connectivity index (χ2n) is 6.15. The van der Waals surface area contributed by atoms with E-state index in [9.17, 15) is 0 Å². The predicted molar refractivity (Wildman–Crippen MR) is 75.7 cm³/mol. The first-order chi connectivity index (χ1) is 8.44. The van der Waals surface area contributed by atoms with E-state index < -0.39 is 0 Å². The van der Waals surface area contributed by atoms with Gasteiger partial charge in [0.2, 0.25) is 0 Å². The van der Waals surface area contributed by atoms with Crippen molar-refractivity contribution in [3.63, 3.8) is 0 Å². The summed E-state index contributed by atoms with van der Waals surface area (Å²) in [6.07, 6.45) is 1.78. The summed E-state index contributed by atoms with van der Waals surface area (Å²) in [7, 11) is 0. The molecule has 0 amide bonds. The fourth-order valence-electron chi connectivity index (χ4n) is 3.18. The molecular formula is C16H22N2. The van der Waals surface area contributed by atoms with Crippen LogP contribution in [0.3, 0.4) is 0 Å². The van der Waals surface area contributed by atoms with Gasteiger partial charge in [0.05, 0.1) is 6.07 Å². The van der Waals surface area contributed by atoms with Crippen molar-refractivity contribution < 1.29 is 0 Å². The lowest BCUT2D eigenvalue weighted by molar-refractivity contribution is 0.476. The molecule has 1 aliphatic rings. The Bertz CT molecular complexity index is 482.